The van der Waals surface area contributed by atoms with Crippen molar-refractivity contribution in [2.45, 2.75) is 30.4 Å². The molecule has 0 atom stereocenters. The molecule has 10 heteroatoms. The highest BCUT2D eigenvalue weighted by Crippen LogP contribution is 2.34. The van der Waals surface area contributed by atoms with Gasteiger partial charge in [0.05, 0.1) is 16.1 Å². The van der Waals surface area contributed by atoms with E-state index in [9.17, 15) is 18.0 Å². The van der Waals surface area contributed by atoms with E-state index in [1.54, 1.807) is 4.90 Å². The average molecular weight is 495 g/mol. The zero-order chi connectivity index (χ0) is 21.5. The maximum Gasteiger partial charge on any atom is 0.414 e. The largest absolute Gasteiger partial charge is 0.478 e. The number of carboxylic acids is 1. The highest BCUT2D eigenvalue weighted by atomic mass is 79.9. The van der Waals surface area contributed by atoms with Gasteiger partial charge in [0.25, 0.3) is 0 Å². The van der Waals surface area contributed by atoms with Crippen molar-refractivity contribution in [3.63, 3.8) is 0 Å². The number of cyclic esters (lactones) is 1. The molecule has 0 saturated carbocycles. The van der Waals surface area contributed by atoms with Crippen molar-refractivity contribution in [3.05, 3.63) is 58.1 Å². The Labute approximate surface area is 182 Å². The molecule has 1 amide bonds. The maximum absolute atomic E-state index is 13.0. The first kappa shape index (κ1) is 20.8. The molecule has 0 bridgehead atoms. The zero-order valence-electron chi connectivity index (χ0n) is 15.8. The van der Waals surface area contributed by atoms with Gasteiger partial charge in [0, 0.05) is 29.2 Å². The first-order valence-electron chi connectivity index (χ1n) is 9.35. The number of piperidine rings is 1. The molecule has 2 aliphatic rings. The molecule has 1 fully saturated rings. The molecule has 1 N–H and O–H groups in total. The van der Waals surface area contributed by atoms with E-state index in [2.05, 4.69) is 15.9 Å². The molecule has 2 heterocycles. The summed E-state index contributed by atoms with van der Waals surface area (Å²) in [5.41, 5.74) is 1.60. The third-order valence-electron chi connectivity index (χ3n) is 5.36. The number of halogens is 1. The van der Waals surface area contributed by atoms with Crippen molar-refractivity contribution >= 4 is 43.7 Å². The van der Waals surface area contributed by atoms with Crippen molar-refractivity contribution in [1.29, 1.82) is 0 Å². The minimum atomic E-state index is -3.82. The van der Waals surface area contributed by atoms with Crippen molar-refractivity contribution in [2.75, 3.05) is 18.0 Å². The first-order valence-corrected chi connectivity index (χ1v) is 11.6. The van der Waals surface area contributed by atoms with Gasteiger partial charge in [0.1, 0.15) is 6.61 Å². The summed E-state index contributed by atoms with van der Waals surface area (Å²) in [4.78, 5) is 25.2. The number of ether oxygens (including phenoxy) is 1. The van der Waals surface area contributed by atoms with E-state index in [1.807, 2.05) is 18.2 Å². The molecule has 2 aliphatic heterocycles. The molecule has 0 spiro atoms. The van der Waals surface area contributed by atoms with Crippen LogP contribution in [0, 0.1) is 0 Å². The molecule has 0 unspecified atom stereocenters. The molecule has 4 rings (SSSR count). The van der Waals surface area contributed by atoms with Gasteiger partial charge >= 0.3 is 12.1 Å². The molecule has 158 valence electrons. The number of hydrogen-bond donors (Lipinski definition) is 1. The molecule has 0 aromatic heterocycles. The van der Waals surface area contributed by atoms with Gasteiger partial charge in [-0.2, -0.15) is 4.31 Å². The number of amides is 1. The van der Waals surface area contributed by atoms with Gasteiger partial charge in [-0.05, 0) is 49.2 Å². The van der Waals surface area contributed by atoms with Crippen LogP contribution in [0.15, 0.2) is 51.8 Å². The highest BCUT2D eigenvalue weighted by molar-refractivity contribution is 9.10. The van der Waals surface area contributed by atoms with Gasteiger partial charge in [0.2, 0.25) is 10.0 Å². The van der Waals surface area contributed by atoms with Crippen LogP contribution in [-0.2, 0) is 21.4 Å². The van der Waals surface area contributed by atoms with Crippen LogP contribution in [0.1, 0.15) is 28.8 Å². The second kappa shape index (κ2) is 8.01. The van der Waals surface area contributed by atoms with Crippen LogP contribution in [0.25, 0.3) is 0 Å². The van der Waals surface area contributed by atoms with Gasteiger partial charge in [-0.3, -0.25) is 4.90 Å². The number of anilines is 1. The summed E-state index contributed by atoms with van der Waals surface area (Å²) in [5.74, 6) is -1.18. The van der Waals surface area contributed by atoms with Crippen LogP contribution < -0.4 is 4.90 Å². The smallest absolute Gasteiger partial charge is 0.414 e. The Morgan fingerprint density at radius 3 is 2.57 bits per heavy atom. The second-order valence-corrected chi connectivity index (χ2v) is 10.0. The van der Waals surface area contributed by atoms with Gasteiger partial charge < -0.3 is 9.84 Å². The third kappa shape index (κ3) is 3.82. The summed E-state index contributed by atoms with van der Waals surface area (Å²) in [6, 6.07) is 10.8. The van der Waals surface area contributed by atoms with Crippen LogP contribution in [0.5, 0.6) is 0 Å². The predicted molar refractivity (Wildman–Crippen MR) is 112 cm³/mol. The standard InChI is InChI=1S/C20H19BrN2O6S/c21-15-4-5-18-14(10-15)12-29-20(26)23(18)16-6-8-22(9-7-16)30(27,28)17-3-1-2-13(11-17)19(24)25/h1-5,10-11,16H,6-9,12H2,(H,24,25). The Kier molecular flexibility index (Phi) is 5.56. The van der Waals surface area contributed by atoms with E-state index in [4.69, 9.17) is 9.84 Å². The summed E-state index contributed by atoms with van der Waals surface area (Å²) >= 11 is 3.42. The first-order chi connectivity index (χ1) is 14.3. The molecule has 1 saturated heterocycles. The van der Waals surface area contributed by atoms with Crippen molar-refractivity contribution in [2.24, 2.45) is 0 Å². The number of carbonyl (C=O) groups excluding carboxylic acids is 1. The summed E-state index contributed by atoms with van der Waals surface area (Å²) < 4.78 is 33.5. The molecular formula is C20H19BrN2O6S. The Hall–Kier alpha value is -2.43. The summed E-state index contributed by atoms with van der Waals surface area (Å²) in [6.07, 6.45) is 0.463. The Morgan fingerprint density at radius 2 is 1.87 bits per heavy atom. The summed E-state index contributed by atoms with van der Waals surface area (Å²) in [6.45, 7) is 0.650. The lowest BCUT2D eigenvalue weighted by molar-refractivity contribution is 0.0696. The lowest BCUT2D eigenvalue weighted by Crippen LogP contribution is -2.50. The second-order valence-electron chi connectivity index (χ2n) is 7.17. The molecule has 0 aliphatic carbocycles. The quantitative estimate of drug-likeness (QED) is 0.697. The van der Waals surface area contributed by atoms with E-state index in [0.29, 0.717) is 12.8 Å². The number of carboxylic acid groups (broad SMARTS) is 1. The number of nitrogens with zero attached hydrogens (tertiary/aromatic N) is 2. The lowest BCUT2D eigenvalue weighted by Gasteiger charge is -2.39. The van der Waals surface area contributed by atoms with Gasteiger partial charge in [-0.15, -0.1) is 0 Å². The number of fused-ring (bicyclic) bond motifs is 1. The molecule has 8 nitrogen and oxygen atoms in total. The zero-order valence-corrected chi connectivity index (χ0v) is 18.2. The lowest BCUT2D eigenvalue weighted by atomic mass is 10.0. The fourth-order valence-electron chi connectivity index (χ4n) is 3.84. The van der Waals surface area contributed by atoms with Crippen LogP contribution in [0.3, 0.4) is 0 Å². The van der Waals surface area contributed by atoms with E-state index in [1.165, 1.54) is 28.6 Å². The Morgan fingerprint density at radius 1 is 1.13 bits per heavy atom. The van der Waals surface area contributed by atoms with Gasteiger partial charge in [-0.1, -0.05) is 22.0 Å². The molecule has 2 aromatic carbocycles. The fraction of sp³-hybridized carbons (Fsp3) is 0.300. The molecule has 0 radical (unpaired) electrons. The van der Waals surface area contributed by atoms with Crippen LogP contribution in [-0.4, -0.2) is 49.0 Å². The number of hydrogen-bond acceptors (Lipinski definition) is 5. The van der Waals surface area contributed by atoms with Crippen molar-refractivity contribution < 1.29 is 27.9 Å². The minimum absolute atomic E-state index is 0.0478. The van der Waals surface area contributed by atoms with E-state index in [0.717, 1.165) is 15.7 Å². The molecule has 2 aromatic rings. The number of aromatic carboxylic acids is 1. The van der Waals surface area contributed by atoms with Crippen LogP contribution >= 0.6 is 15.9 Å². The Balaban J connectivity index is 1.52. The van der Waals surface area contributed by atoms with E-state index in [-0.39, 0.29) is 36.2 Å². The van der Waals surface area contributed by atoms with Gasteiger partial charge in [-0.25, -0.2) is 18.0 Å². The average Bonchev–Trinajstić information content (AvgIpc) is 2.74. The number of sulfonamides is 1. The van der Waals surface area contributed by atoms with Crippen LogP contribution in [0.4, 0.5) is 10.5 Å². The van der Waals surface area contributed by atoms with Crippen molar-refractivity contribution in [3.8, 4) is 0 Å². The van der Waals surface area contributed by atoms with E-state index >= 15 is 0 Å². The number of benzene rings is 2. The third-order valence-corrected chi connectivity index (χ3v) is 7.74. The molecule has 30 heavy (non-hydrogen) atoms. The SMILES string of the molecule is O=C(O)c1cccc(S(=O)(=O)N2CCC(N3C(=O)OCc4cc(Br)ccc43)CC2)c1. The maximum atomic E-state index is 13.0. The minimum Gasteiger partial charge on any atom is -0.478 e. The monoisotopic (exact) mass is 494 g/mol. The van der Waals surface area contributed by atoms with Gasteiger partial charge in [0.15, 0.2) is 0 Å². The van der Waals surface area contributed by atoms with E-state index < -0.39 is 22.1 Å². The number of rotatable bonds is 4. The predicted octanol–water partition coefficient (Wildman–Crippen LogP) is 3.46. The highest BCUT2D eigenvalue weighted by Gasteiger charge is 2.37. The molecular weight excluding hydrogens is 476 g/mol. The van der Waals surface area contributed by atoms with Crippen molar-refractivity contribution in [1.82, 2.24) is 4.31 Å². The fourth-order valence-corrected chi connectivity index (χ4v) is 5.76. The summed E-state index contributed by atoms with van der Waals surface area (Å²) in [5, 5.41) is 9.13. The number of carbonyl (C=O) groups is 2. The van der Waals surface area contributed by atoms with Crippen LogP contribution in [0.2, 0.25) is 0 Å². The normalized spacial score (nSPS) is 18.0. The Bertz CT molecular complexity index is 1110. The topological polar surface area (TPSA) is 104 Å². The summed E-state index contributed by atoms with van der Waals surface area (Å²) in [7, 11) is -3.82.